The zero-order chi connectivity index (χ0) is 21.1. The third-order valence-electron chi connectivity index (χ3n) is 4.64. The number of benzene rings is 1. The standard InChI is InChI=1S/C23H23N3O2S2/c1-4-9-28-20-11-24-17(10-19(20)27)12-29-22-21-18(16-7-5-14(2)6-8-16)13-30-23(21)26-15(3)25-22/h5-8,10-11,13H,4,9,12H2,1-3H3,(H,24,27). The number of ether oxygens (including phenoxy) is 1. The Bertz CT molecular complexity index is 1230. The lowest BCUT2D eigenvalue weighted by molar-refractivity contribution is 0.313. The molecule has 4 aromatic rings. The third kappa shape index (κ3) is 4.42. The van der Waals surface area contributed by atoms with Crippen molar-refractivity contribution in [3.63, 3.8) is 0 Å². The SMILES string of the molecule is CCCOc1c[nH]c(CSc2nc(C)nc3scc(-c4ccc(C)cc4)c23)cc1=O. The van der Waals surface area contributed by atoms with Crippen LogP contribution in [-0.4, -0.2) is 21.6 Å². The Morgan fingerprint density at radius 3 is 2.70 bits per heavy atom. The van der Waals surface area contributed by atoms with E-state index in [1.807, 2.05) is 13.8 Å². The lowest BCUT2D eigenvalue weighted by Crippen LogP contribution is -2.09. The highest BCUT2D eigenvalue weighted by molar-refractivity contribution is 7.98. The Morgan fingerprint density at radius 1 is 1.17 bits per heavy atom. The molecule has 0 aliphatic rings. The van der Waals surface area contributed by atoms with Crippen LogP contribution >= 0.6 is 23.1 Å². The van der Waals surface area contributed by atoms with Gasteiger partial charge in [-0.05, 0) is 25.8 Å². The Balaban J connectivity index is 1.64. The van der Waals surface area contributed by atoms with E-state index < -0.39 is 0 Å². The number of thiophene rings is 1. The number of aromatic amines is 1. The van der Waals surface area contributed by atoms with Crippen LogP contribution in [0.1, 0.15) is 30.4 Å². The molecule has 0 spiro atoms. The van der Waals surface area contributed by atoms with Crippen molar-refractivity contribution >= 4 is 33.3 Å². The number of aryl methyl sites for hydroxylation is 2. The number of hydrogen-bond donors (Lipinski definition) is 1. The van der Waals surface area contributed by atoms with Gasteiger partial charge >= 0.3 is 0 Å². The molecule has 0 amide bonds. The molecular weight excluding hydrogens is 414 g/mol. The number of rotatable bonds is 7. The van der Waals surface area contributed by atoms with Crippen LogP contribution in [0.4, 0.5) is 0 Å². The van der Waals surface area contributed by atoms with Gasteiger partial charge in [0.15, 0.2) is 5.75 Å². The van der Waals surface area contributed by atoms with Gasteiger partial charge in [0.2, 0.25) is 5.43 Å². The van der Waals surface area contributed by atoms with E-state index in [1.54, 1.807) is 35.4 Å². The fourth-order valence-corrected chi connectivity index (χ4v) is 5.18. The maximum absolute atomic E-state index is 12.3. The van der Waals surface area contributed by atoms with E-state index >= 15 is 0 Å². The van der Waals surface area contributed by atoms with E-state index in [4.69, 9.17) is 9.72 Å². The molecule has 0 unspecified atom stereocenters. The summed E-state index contributed by atoms with van der Waals surface area (Å²) in [7, 11) is 0. The Labute approximate surface area is 183 Å². The van der Waals surface area contributed by atoms with Crippen molar-refractivity contribution in [1.29, 1.82) is 0 Å². The summed E-state index contributed by atoms with van der Waals surface area (Å²) in [5.41, 5.74) is 4.28. The second kappa shape index (κ2) is 9.02. The maximum atomic E-state index is 12.3. The average Bonchev–Trinajstić information content (AvgIpc) is 3.15. The molecule has 0 fully saturated rings. The summed E-state index contributed by atoms with van der Waals surface area (Å²) in [6.07, 6.45) is 2.51. The molecule has 3 heterocycles. The predicted octanol–water partition coefficient (Wildman–Crippen LogP) is 5.74. The van der Waals surface area contributed by atoms with Crippen LogP contribution in [0.5, 0.6) is 5.75 Å². The van der Waals surface area contributed by atoms with Gasteiger partial charge in [-0.1, -0.05) is 48.5 Å². The number of nitrogens with zero attached hydrogens (tertiary/aromatic N) is 2. The largest absolute Gasteiger partial charge is 0.488 e. The fourth-order valence-electron chi connectivity index (χ4n) is 3.12. The summed E-state index contributed by atoms with van der Waals surface area (Å²) in [4.78, 5) is 25.8. The van der Waals surface area contributed by atoms with E-state index in [0.29, 0.717) is 18.1 Å². The average molecular weight is 438 g/mol. The molecule has 5 nitrogen and oxygen atoms in total. The maximum Gasteiger partial charge on any atom is 0.223 e. The molecule has 0 saturated carbocycles. The van der Waals surface area contributed by atoms with Gasteiger partial charge in [-0.2, -0.15) is 0 Å². The molecule has 1 N–H and O–H groups in total. The molecule has 7 heteroatoms. The van der Waals surface area contributed by atoms with E-state index in [2.05, 4.69) is 46.5 Å². The highest BCUT2D eigenvalue weighted by atomic mass is 32.2. The molecule has 0 aliphatic heterocycles. The van der Waals surface area contributed by atoms with E-state index in [9.17, 15) is 4.79 Å². The predicted molar refractivity (Wildman–Crippen MR) is 125 cm³/mol. The minimum absolute atomic E-state index is 0.0994. The van der Waals surface area contributed by atoms with Crippen molar-refractivity contribution in [3.05, 3.63) is 69.2 Å². The first kappa shape index (κ1) is 20.6. The van der Waals surface area contributed by atoms with Crippen LogP contribution < -0.4 is 10.2 Å². The number of H-pyrrole nitrogens is 1. The van der Waals surface area contributed by atoms with Gasteiger partial charge in [0.25, 0.3) is 0 Å². The number of aromatic nitrogens is 3. The molecular formula is C23H23N3O2S2. The van der Waals surface area contributed by atoms with Crippen LogP contribution in [0.25, 0.3) is 21.3 Å². The molecule has 154 valence electrons. The van der Waals surface area contributed by atoms with Crippen LogP contribution in [0.15, 0.2) is 51.7 Å². The van der Waals surface area contributed by atoms with Crippen molar-refractivity contribution in [2.75, 3.05) is 6.61 Å². The summed E-state index contributed by atoms with van der Waals surface area (Å²) < 4.78 is 5.47. The summed E-state index contributed by atoms with van der Waals surface area (Å²) in [6.45, 7) is 6.55. The lowest BCUT2D eigenvalue weighted by Gasteiger charge is -2.08. The van der Waals surface area contributed by atoms with Crippen molar-refractivity contribution in [1.82, 2.24) is 15.0 Å². The molecule has 0 saturated heterocycles. The Hall–Kier alpha value is -2.64. The van der Waals surface area contributed by atoms with Gasteiger partial charge in [0.05, 0.1) is 12.0 Å². The number of hydrogen-bond acceptors (Lipinski definition) is 6. The number of thioether (sulfide) groups is 1. The molecule has 4 rings (SSSR count). The van der Waals surface area contributed by atoms with Crippen molar-refractivity contribution in [2.45, 2.75) is 38.0 Å². The number of nitrogens with one attached hydrogen (secondary N) is 1. The van der Waals surface area contributed by atoms with Crippen LogP contribution in [0, 0.1) is 13.8 Å². The molecule has 0 radical (unpaired) electrons. The normalized spacial score (nSPS) is 11.2. The van der Waals surface area contributed by atoms with Crippen molar-refractivity contribution in [3.8, 4) is 16.9 Å². The summed E-state index contributed by atoms with van der Waals surface area (Å²) >= 11 is 3.25. The fraction of sp³-hybridized carbons (Fsp3) is 0.261. The van der Waals surface area contributed by atoms with Gasteiger partial charge in [-0.3, -0.25) is 4.79 Å². The minimum atomic E-state index is -0.0994. The van der Waals surface area contributed by atoms with Gasteiger partial charge in [-0.25, -0.2) is 9.97 Å². The monoisotopic (exact) mass is 437 g/mol. The molecule has 3 aromatic heterocycles. The summed E-state index contributed by atoms with van der Waals surface area (Å²) in [5, 5.41) is 4.15. The van der Waals surface area contributed by atoms with E-state index in [-0.39, 0.29) is 5.43 Å². The van der Waals surface area contributed by atoms with E-state index in [1.165, 1.54) is 5.56 Å². The third-order valence-corrected chi connectivity index (χ3v) is 6.53. The van der Waals surface area contributed by atoms with E-state index in [0.717, 1.165) is 44.3 Å². The topological polar surface area (TPSA) is 67.9 Å². The number of pyridine rings is 1. The highest BCUT2D eigenvalue weighted by Gasteiger charge is 2.15. The van der Waals surface area contributed by atoms with Crippen LogP contribution in [0.3, 0.4) is 0 Å². The molecule has 1 aromatic carbocycles. The smallest absolute Gasteiger partial charge is 0.223 e. The lowest BCUT2D eigenvalue weighted by atomic mass is 10.1. The first-order valence-electron chi connectivity index (χ1n) is 9.85. The van der Waals surface area contributed by atoms with Crippen molar-refractivity contribution < 1.29 is 4.74 Å². The zero-order valence-corrected chi connectivity index (χ0v) is 18.8. The zero-order valence-electron chi connectivity index (χ0n) is 17.2. The second-order valence-electron chi connectivity index (χ2n) is 7.10. The summed E-state index contributed by atoms with van der Waals surface area (Å²) in [5.74, 6) is 1.72. The van der Waals surface area contributed by atoms with Gasteiger partial charge in [0, 0.05) is 34.7 Å². The van der Waals surface area contributed by atoms with Gasteiger partial charge in [-0.15, -0.1) is 11.3 Å². The quantitative estimate of drug-likeness (QED) is 0.295. The molecule has 0 bridgehead atoms. The van der Waals surface area contributed by atoms with Crippen molar-refractivity contribution in [2.24, 2.45) is 0 Å². The van der Waals surface area contributed by atoms with Gasteiger partial charge in [0.1, 0.15) is 15.7 Å². The molecule has 0 aliphatic carbocycles. The first-order valence-corrected chi connectivity index (χ1v) is 11.7. The highest BCUT2D eigenvalue weighted by Crippen LogP contribution is 2.39. The Morgan fingerprint density at radius 2 is 1.97 bits per heavy atom. The number of fused-ring (bicyclic) bond motifs is 1. The van der Waals surface area contributed by atoms with Gasteiger partial charge < -0.3 is 9.72 Å². The minimum Gasteiger partial charge on any atom is -0.488 e. The molecule has 30 heavy (non-hydrogen) atoms. The summed E-state index contributed by atoms with van der Waals surface area (Å²) in [6, 6.07) is 10.1. The van der Waals surface area contributed by atoms with Crippen LogP contribution in [-0.2, 0) is 5.75 Å². The Kier molecular flexibility index (Phi) is 6.20. The molecule has 0 atom stereocenters. The first-order chi connectivity index (χ1) is 14.5. The van der Waals surface area contributed by atoms with Crippen LogP contribution in [0.2, 0.25) is 0 Å². The second-order valence-corrected chi connectivity index (χ2v) is 8.92.